The van der Waals surface area contributed by atoms with Crippen LogP contribution in [0.4, 0.5) is 0 Å². The number of carbonyl (C=O) groups excluding carboxylic acids is 3. The second-order valence-corrected chi connectivity index (χ2v) is 22.4. The third kappa shape index (κ3) is 62.1. The Morgan fingerprint density at radius 1 is 0.280 bits per heavy atom. The average molecular weight is 1050 g/mol. The maximum atomic E-state index is 12.9. The van der Waals surface area contributed by atoms with Crippen molar-refractivity contribution in [2.24, 2.45) is 0 Å². The fourth-order valence-electron chi connectivity index (χ4n) is 9.91. The first-order chi connectivity index (χ1) is 37.0. The lowest BCUT2D eigenvalue weighted by Crippen LogP contribution is -2.30. The summed E-state index contributed by atoms with van der Waals surface area (Å²) in [7, 11) is 0. The van der Waals surface area contributed by atoms with Crippen molar-refractivity contribution in [3.63, 3.8) is 0 Å². The van der Waals surface area contributed by atoms with Crippen molar-refractivity contribution >= 4 is 17.9 Å². The normalized spacial score (nSPS) is 12.3. The first kappa shape index (κ1) is 72.4. The molecule has 0 amide bonds. The highest BCUT2D eigenvalue weighted by Crippen LogP contribution is 2.18. The summed E-state index contributed by atoms with van der Waals surface area (Å²) in [5.41, 5.74) is 0. The molecule has 0 aliphatic rings. The number of hydrogen-bond donors (Lipinski definition) is 0. The molecule has 0 radical (unpaired) electrons. The standard InChI is InChI=1S/C69H126O6/c1-4-7-10-13-16-19-22-25-28-30-32-34-36-38-41-44-47-50-53-56-59-62-68(71)74-65-66(64-73-67(70)61-58-55-52-49-46-43-40-27-24-21-18-15-12-9-6-3)75-69(72)63-60-57-54-51-48-45-42-39-37-35-33-31-29-26-23-20-17-14-11-8-5-2/h9,12,18,21,27,40,46,49,66H,4-8,10-11,13-17,19-20,22-26,28-39,41-45,47-48,50-65H2,1-3H3/b12-9-,21-18-,40-27-,49-46-. The van der Waals surface area contributed by atoms with Gasteiger partial charge in [-0.05, 0) is 57.8 Å². The van der Waals surface area contributed by atoms with Crippen molar-refractivity contribution in [3.05, 3.63) is 48.6 Å². The summed E-state index contributed by atoms with van der Waals surface area (Å²) in [5.74, 6) is -0.899. The van der Waals surface area contributed by atoms with Gasteiger partial charge in [0.1, 0.15) is 13.2 Å². The van der Waals surface area contributed by atoms with Crippen molar-refractivity contribution in [1.29, 1.82) is 0 Å². The van der Waals surface area contributed by atoms with Gasteiger partial charge in [-0.1, -0.05) is 326 Å². The van der Waals surface area contributed by atoms with Crippen molar-refractivity contribution in [2.45, 2.75) is 361 Å². The summed E-state index contributed by atoms with van der Waals surface area (Å²) in [6, 6.07) is 0. The Hall–Kier alpha value is -2.63. The maximum Gasteiger partial charge on any atom is 0.306 e. The largest absolute Gasteiger partial charge is 0.462 e. The molecular weight excluding hydrogens is 925 g/mol. The van der Waals surface area contributed by atoms with E-state index in [1.54, 1.807) is 0 Å². The number of allylic oxidation sites excluding steroid dienone is 8. The summed E-state index contributed by atoms with van der Waals surface area (Å²) in [6.45, 7) is 6.56. The van der Waals surface area contributed by atoms with Crippen LogP contribution in [-0.2, 0) is 28.6 Å². The molecule has 1 unspecified atom stereocenters. The second-order valence-electron chi connectivity index (χ2n) is 22.4. The molecule has 0 bridgehead atoms. The van der Waals surface area contributed by atoms with Gasteiger partial charge in [-0.15, -0.1) is 0 Å². The Labute approximate surface area is 467 Å². The van der Waals surface area contributed by atoms with E-state index in [1.165, 1.54) is 231 Å². The van der Waals surface area contributed by atoms with E-state index in [0.717, 1.165) is 83.5 Å². The number of carbonyl (C=O) groups is 3. The topological polar surface area (TPSA) is 78.9 Å². The van der Waals surface area contributed by atoms with Gasteiger partial charge >= 0.3 is 17.9 Å². The van der Waals surface area contributed by atoms with Crippen molar-refractivity contribution in [1.82, 2.24) is 0 Å². The molecule has 0 aromatic carbocycles. The lowest BCUT2D eigenvalue weighted by molar-refractivity contribution is -0.167. The molecule has 0 N–H and O–H groups in total. The molecule has 0 spiro atoms. The molecule has 75 heavy (non-hydrogen) atoms. The molecule has 0 aromatic rings. The van der Waals surface area contributed by atoms with Crippen molar-refractivity contribution in [2.75, 3.05) is 13.2 Å². The molecule has 0 fully saturated rings. The van der Waals surface area contributed by atoms with Crippen LogP contribution in [-0.4, -0.2) is 37.2 Å². The zero-order chi connectivity index (χ0) is 54.3. The monoisotopic (exact) mass is 1050 g/mol. The Balaban J connectivity index is 4.32. The smallest absolute Gasteiger partial charge is 0.306 e. The van der Waals surface area contributed by atoms with E-state index >= 15 is 0 Å². The van der Waals surface area contributed by atoms with E-state index in [1.807, 2.05) is 0 Å². The van der Waals surface area contributed by atoms with Gasteiger partial charge in [-0.3, -0.25) is 14.4 Å². The van der Waals surface area contributed by atoms with Gasteiger partial charge in [0, 0.05) is 19.3 Å². The minimum absolute atomic E-state index is 0.0811. The minimum atomic E-state index is -0.788. The predicted octanol–water partition coefficient (Wildman–Crippen LogP) is 22.6. The van der Waals surface area contributed by atoms with E-state index in [4.69, 9.17) is 14.2 Å². The molecule has 0 aliphatic carbocycles. The van der Waals surface area contributed by atoms with Crippen LogP contribution in [0.2, 0.25) is 0 Å². The van der Waals surface area contributed by atoms with E-state index in [-0.39, 0.29) is 31.1 Å². The van der Waals surface area contributed by atoms with Crippen molar-refractivity contribution in [3.8, 4) is 0 Å². The minimum Gasteiger partial charge on any atom is -0.462 e. The third-order valence-electron chi connectivity index (χ3n) is 14.8. The molecule has 0 saturated heterocycles. The lowest BCUT2D eigenvalue weighted by atomic mass is 10.0. The van der Waals surface area contributed by atoms with Gasteiger partial charge in [-0.2, -0.15) is 0 Å². The zero-order valence-corrected chi connectivity index (χ0v) is 50.3. The summed E-state index contributed by atoms with van der Waals surface area (Å²) < 4.78 is 16.9. The first-order valence-corrected chi connectivity index (χ1v) is 33.1. The molecular formula is C69H126O6. The van der Waals surface area contributed by atoms with E-state index in [2.05, 4.69) is 69.4 Å². The molecule has 1 atom stereocenters. The van der Waals surface area contributed by atoms with Gasteiger partial charge in [0.25, 0.3) is 0 Å². The molecule has 6 heteroatoms. The van der Waals surface area contributed by atoms with Crippen LogP contribution in [0.15, 0.2) is 48.6 Å². The predicted molar refractivity (Wildman–Crippen MR) is 325 cm³/mol. The molecule has 0 heterocycles. The van der Waals surface area contributed by atoms with Gasteiger partial charge < -0.3 is 14.2 Å². The number of hydrogen-bond acceptors (Lipinski definition) is 6. The highest BCUT2D eigenvalue weighted by atomic mass is 16.6. The molecule has 438 valence electrons. The lowest BCUT2D eigenvalue weighted by Gasteiger charge is -2.18. The SMILES string of the molecule is CC/C=C\C/C=C\C/C=C\C/C=C\CCCCC(=O)OCC(COC(=O)CCCCCCCCCCCCCCCCCCCCCCC)OC(=O)CCCCCCCCCCCCCCCCCCCCCCC. The molecule has 0 aliphatic heterocycles. The summed E-state index contributed by atoms with van der Waals surface area (Å²) >= 11 is 0. The quantitative estimate of drug-likeness (QED) is 0.0261. The van der Waals surface area contributed by atoms with Crippen LogP contribution in [0.5, 0.6) is 0 Å². The molecule has 0 saturated carbocycles. The van der Waals surface area contributed by atoms with Crippen LogP contribution >= 0.6 is 0 Å². The number of esters is 3. The highest BCUT2D eigenvalue weighted by molar-refractivity contribution is 5.71. The summed E-state index contributed by atoms with van der Waals surface area (Å²) in [5, 5.41) is 0. The van der Waals surface area contributed by atoms with E-state index in [0.29, 0.717) is 19.3 Å². The van der Waals surface area contributed by atoms with Crippen LogP contribution in [0.3, 0.4) is 0 Å². The first-order valence-electron chi connectivity index (χ1n) is 33.1. The fraction of sp³-hybridized carbons (Fsp3) is 0.841. The zero-order valence-electron chi connectivity index (χ0n) is 50.3. The molecule has 6 nitrogen and oxygen atoms in total. The Bertz CT molecular complexity index is 1300. The van der Waals surface area contributed by atoms with Gasteiger partial charge in [0.05, 0.1) is 0 Å². The number of rotatable bonds is 61. The second kappa shape index (κ2) is 63.9. The summed E-state index contributed by atoms with van der Waals surface area (Å²) in [4.78, 5) is 38.3. The third-order valence-corrected chi connectivity index (χ3v) is 14.8. The molecule has 0 aromatic heterocycles. The summed E-state index contributed by atoms with van der Waals surface area (Å²) in [6.07, 6.45) is 79.9. The van der Waals surface area contributed by atoms with Crippen LogP contribution in [0.25, 0.3) is 0 Å². The van der Waals surface area contributed by atoms with Crippen molar-refractivity contribution < 1.29 is 28.6 Å². The van der Waals surface area contributed by atoms with Crippen LogP contribution < -0.4 is 0 Å². The fourth-order valence-corrected chi connectivity index (χ4v) is 9.91. The van der Waals surface area contributed by atoms with Crippen LogP contribution in [0, 0.1) is 0 Å². The number of ether oxygens (including phenoxy) is 3. The maximum absolute atomic E-state index is 12.9. The highest BCUT2D eigenvalue weighted by Gasteiger charge is 2.19. The van der Waals surface area contributed by atoms with E-state index in [9.17, 15) is 14.4 Å². The Morgan fingerprint density at radius 2 is 0.520 bits per heavy atom. The average Bonchev–Trinajstić information content (AvgIpc) is 3.41. The van der Waals surface area contributed by atoms with Gasteiger partial charge in [-0.25, -0.2) is 0 Å². The van der Waals surface area contributed by atoms with Gasteiger partial charge in [0.2, 0.25) is 0 Å². The Morgan fingerprint density at radius 3 is 0.813 bits per heavy atom. The van der Waals surface area contributed by atoms with Crippen LogP contribution in [0.1, 0.15) is 355 Å². The Kier molecular flexibility index (Phi) is 61.7. The van der Waals surface area contributed by atoms with Gasteiger partial charge in [0.15, 0.2) is 6.10 Å². The van der Waals surface area contributed by atoms with E-state index < -0.39 is 6.10 Å². The number of unbranched alkanes of at least 4 members (excludes halogenated alkanes) is 42. The molecule has 0 rings (SSSR count).